The molecule has 2 aromatic carbocycles. The number of benzene rings is 2. The van der Waals surface area contributed by atoms with E-state index in [0.717, 1.165) is 12.7 Å². The van der Waals surface area contributed by atoms with Crippen LogP contribution in [0.5, 0.6) is 11.5 Å². The van der Waals surface area contributed by atoms with E-state index in [1.165, 1.54) is 37.4 Å². The number of sulfonamides is 1. The van der Waals surface area contributed by atoms with Crippen molar-refractivity contribution >= 4 is 39.1 Å². The fraction of sp³-hybridized carbons (Fsp3) is 0.263. The maximum Gasteiger partial charge on any atom is 0.269 e. The number of ether oxygens (including phenoxy) is 2. The predicted molar refractivity (Wildman–Crippen MR) is 114 cm³/mol. The van der Waals surface area contributed by atoms with E-state index in [4.69, 9.17) is 21.1 Å². The number of amides is 2. The minimum Gasteiger partial charge on any atom is -0.493 e. The molecular weight excluding hydrogens is 434 g/mol. The van der Waals surface area contributed by atoms with Crippen LogP contribution in [0.2, 0.25) is 5.02 Å². The lowest BCUT2D eigenvalue weighted by molar-refractivity contribution is 0.0846. The molecule has 0 saturated carbocycles. The number of anilines is 1. The highest BCUT2D eigenvalue weighted by Gasteiger charge is 2.15. The minimum atomic E-state index is -3.58. The summed E-state index contributed by atoms with van der Waals surface area (Å²) >= 11 is 5.94. The average Bonchev–Trinajstić information content (AvgIpc) is 2.70. The van der Waals surface area contributed by atoms with Gasteiger partial charge < -0.3 is 9.47 Å². The number of carbonyl (C=O) groups is 2. The van der Waals surface area contributed by atoms with E-state index >= 15 is 0 Å². The number of halogens is 1. The summed E-state index contributed by atoms with van der Waals surface area (Å²) in [5, 5.41) is 0.124. The fourth-order valence-corrected chi connectivity index (χ4v) is 3.13. The number of hydrazine groups is 1. The summed E-state index contributed by atoms with van der Waals surface area (Å²) in [6.45, 7) is 2.48. The monoisotopic (exact) mass is 455 g/mol. The van der Waals surface area contributed by atoms with E-state index in [-0.39, 0.29) is 21.8 Å². The van der Waals surface area contributed by atoms with Crippen LogP contribution in [0.25, 0.3) is 0 Å². The van der Waals surface area contributed by atoms with E-state index in [1.807, 2.05) is 6.92 Å². The molecule has 0 aromatic heterocycles. The number of methoxy groups -OCH3 is 1. The van der Waals surface area contributed by atoms with Crippen molar-refractivity contribution in [1.82, 2.24) is 10.9 Å². The van der Waals surface area contributed by atoms with E-state index < -0.39 is 21.8 Å². The third-order valence-electron chi connectivity index (χ3n) is 3.70. The predicted octanol–water partition coefficient (Wildman–Crippen LogP) is 2.58. The lowest BCUT2D eigenvalue weighted by atomic mass is 10.2. The molecule has 0 aliphatic heterocycles. The molecule has 0 spiro atoms. The molecule has 2 rings (SSSR count). The summed E-state index contributed by atoms with van der Waals surface area (Å²) in [7, 11) is -2.12. The SMILES string of the molecule is CCCOc1ccc(C(=O)NNC(=O)c2ccc(Cl)c(NS(C)(=O)=O)c2)cc1OC. The Balaban J connectivity index is 2.07. The van der Waals surface area contributed by atoms with Crippen LogP contribution in [0.3, 0.4) is 0 Å². The van der Waals surface area contributed by atoms with Crippen LogP contribution in [-0.4, -0.2) is 40.2 Å². The number of carbonyl (C=O) groups excluding carboxylic acids is 2. The standard InChI is InChI=1S/C19H22ClN3O6S/c1-4-9-29-16-8-6-13(11-17(16)28-2)19(25)22-21-18(24)12-5-7-14(20)15(10-12)23-30(3,26)27/h5-8,10-11,23H,4,9H2,1-3H3,(H,21,24)(H,22,25). The molecule has 3 N–H and O–H groups in total. The summed E-state index contributed by atoms with van der Waals surface area (Å²) in [6.07, 6.45) is 1.78. The highest BCUT2D eigenvalue weighted by Crippen LogP contribution is 2.28. The molecule has 2 aromatic rings. The van der Waals surface area contributed by atoms with Gasteiger partial charge in [-0.1, -0.05) is 18.5 Å². The largest absolute Gasteiger partial charge is 0.493 e. The summed E-state index contributed by atoms with van der Waals surface area (Å²) in [6, 6.07) is 8.64. The molecule has 0 atom stereocenters. The second-order valence-corrected chi connectivity index (χ2v) is 8.35. The van der Waals surface area contributed by atoms with Crippen LogP contribution in [0.15, 0.2) is 36.4 Å². The Labute approximate surface area is 179 Å². The van der Waals surface area contributed by atoms with Gasteiger partial charge in [0.25, 0.3) is 11.8 Å². The van der Waals surface area contributed by atoms with Gasteiger partial charge in [0.1, 0.15) is 0 Å². The first kappa shape index (κ1) is 23.3. The van der Waals surface area contributed by atoms with Crippen molar-refractivity contribution in [2.45, 2.75) is 13.3 Å². The third kappa shape index (κ3) is 6.53. The first-order valence-electron chi connectivity index (χ1n) is 8.83. The number of hydrogen-bond donors (Lipinski definition) is 3. The number of rotatable bonds is 8. The number of hydrogen-bond acceptors (Lipinski definition) is 6. The van der Waals surface area contributed by atoms with Gasteiger partial charge in [-0.15, -0.1) is 0 Å². The van der Waals surface area contributed by atoms with Crippen molar-refractivity contribution in [2.24, 2.45) is 0 Å². The lowest BCUT2D eigenvalue weighted by Gasteiger charge is -2.13. The first-order chi connectivity index (χ1) is 14.1. The zero-order valence-corrected chi connectivity index (χ0v) is 18.2. The zero-order chi connectivity index (χ0) is 22.3. The van der Waals surface area contributed by atoms with Gasteiger partial charge in [-0.2, -0.15) is 0 Å². The highest BCUT2D eigenvalue weighted by molar-refractivity contribution is 7.92. The van der Waals surface area contributed by atoms with Gasteiger partial charge in [0, 0.05) is 11.1 Å². The van der Waals surface area contributed by atoms with Crippen LogP contribution < -0.4 is 25.0 Å². The van der Waals surface area contributed by atoms with Crippen LogP contribution in [0, 0.1) is 0 Å². The van der Waals surface area contributed by atoms with Crippen molar-refractivity contribution in [3.63, 3.8) is 0 Å². The Hall–Kier alpha value is -2.98. The zero-order valence-electron chi connectivity index (χ0n) is 16.6. The van der Waals surface area contributed by atoms with E-state index in [1.54, 1.807) is 6.07 Å². The normalized spacial score (nSPS) is 10.8. The van der Waals surface area contributed by atoms with Gasteiger partial charge in [-0.05, 0) is 42.8 Å². The summed E-state index contributed by atoms with van der Waals surface area (Å²) in [4.78, 5) is 24.7. The van der Waals surface area contributed by atoms with E-state index in [2.05, 4.69) is 15.6 Å². The molecule has 0 bridgehead atoms. The lowest BCUT2D eigenvalue weighted by Crippen LogP contribution is -2.41. The summed E-state index contributed by atoms with van der Waals surface area (Å²) in [5.74, 6) is -0.345. The summed E-state index contributed by atoms with van der Waals surface area (Å²) in [5.41, 5.74) is 4.93. The van der Waals surface area contributed by atoms with Gasteiger partial charge in [-0.25, -0.2) is 8.42 Å². The molecule has 2 amide bonds. The van der Waals surface area contributed by atoms with Crippen LogP contribution in [0.4, 0.5) is 5.69 Å². The van der Waals surface area contributed by atoms with Crippen LogP contribution in [-0.2, 0) is 10.0 Å². The van der Waals surface area contributed by atoms with Crippen LogP contribution in [0.1, 0.15) is 34.1 Å². The first-order valence-corrected chi connectivity index (χ1v) is 11.1. The van der Waals surface area contributed by atoms with Gasteiger partial charge in [0.15, 0.2) is 11.5 Å². The Morgan fingerprint density at radius 3 is 2.17 bits per heavy atom. The molecule has 0 aliphatic rings. The van der Waals surface area contributed by atoms with Gasteiger partial charge in [-0.3, -0.25) is 25.2 Å². The Morgan fingerprint density at radius 1 is 1.00 bits per heavy atom. The van der Waals surface area contributed by atoms with Gasteiger partial charge in [0.05, 0.1) is 30.7 Å². The second kappa shape index (κ2) is 10.2. The van der Waals surface area contributed by atoms with Gasteiger partial charge >= 0.3 is 0 Å². The maximum absolute atomic E-state index is 12.3. The molecule has 162 valence electrons. The molecule has 0 radical (unpaired) electrons. The second-order valence-electron chi connectivity index (χ2n) is 6.19. The van der Waals surface area contributed by atoms with Crippen molar-refractivity contribution in [2.75, 3.05) is 24.7 Å². The average molecular weight is 456 g/mol. The minimum absolute atomic E-state index is 0.0468. The van der Waals surface area contributed by atoms with E-state index in [0.29, 0.717) is 18.1 Å². The van der Waals surface area contributed by atoms with Crippen molar-refractivity contribution in [1.29, 1.82) is 0 Å². The molecule has 0 fully saturated rings. The fourth-order valence-electron chi connectivity index (χ4n) is 2.34. The van der Waals surface area contributed by atoms with Crippen molar-refractivity contribution < 1.29 is 27.5 Å². The third-order valence-corrected chi connectivity index (χ3v) is 4.62. The Bertz CT molecular complexity index is 1040. The topological polar surface area (TPSA) is 123 Å². The van der Waals surface area contributed by atoms with Gasteiger partial charge in [0.2, 0.25) is 10.0 Å². The number of nitrogens with one attached hydrogen (secondary N) is 3. The van der Waals surface area contributed by atoms with Crippen molar-refractivity contribution in [3.8, 4) is 11.5 Å². The van der Waals surface area contributed by atoms with Crippen LogP contribution >= 0.6 is 11.6 Å². The molecule has 0 unspecified atom stereocenters. The molecule has 9 nitrogen and oxygen atoms in total. The van der Waals surface area contributed by atoms with Crippen molar-refractivity contribution in [3.05, 3.63) is 52.5 Å². The molecule has 0 aliphatic carbocycles. The quantitative estimate of drug-likeness (QED) is 0.526. The summed E-state index contributed by atoms with van der Waals surface area (Å²) < 4.78 is 35.8. The maximum atomic E-state index is 12.3. The molecule has 0 saturated heterocycles. The highest BCUT2D eigenvalue weighted by atomic mass is 35.5. The molecule has 30 heavy (non-hydrogen) atoms. The Kier molecular flexibility index (Phi) is 7.90. The van der Waals surface area contributed by atoms with E-state index in [9.17, 15) is 18.0 Å². The molecule has 0 heterocycles. The smallest absolute Gasteiger partial charge is 0.269 e. The molecular formula is C19H22ClN3O6S. The molecule has 11 heteroatoms. The Morgan fingerprint density at radius 2 is 1.60 bits per heavy atom.